The SMILES string of the molecule is N#CC1(c2ccccc2)CC(NCC(F)(F)CO)C1. The van der Waals surface area contributed by atoms with Crippen molar-refractivity contribution in [2.45, 2.75) is 30.2 Å². The molecule has 19 heavy (non-hydrogen) atoms. The zero-order valence-corrected chi connectivity index (χ0v) is 10.4. The van der Waals surface area contributed by atoms with Gasteiger partial charge in [0, 0.05) is 6.04 Å². The molecule has 1 fully saturated rings. The van der Waals surface area contributed by atoms with Crippen LogP contribution in [-0.4, -0.2) is 30.2 Å². The summed E-state index contributed by atoms with van der Waals surface area (Å²) in [6.07, 6.45) is 1.05. The van der Waals surface area contributed by atoms with Crippen LogP contribution in [0.1, 0.15) is 18.4 Å². The van der Waals surface area contributed by atoms with E-state index in [4.69, 9.17) is 5.11 Å². The molecule has 102 valence electrons. The fourth-order valence-corrected chi connectivity index (χ4v) is 2.42. The second kappa shape index (κ2) is 5.24. The number of hydrogen-bond donors (Lipinski definition) is 2. The van der Waals surface area contributed by atoms with Crippen LogP contribution in [0.15, 0.2) is 30.3 Å². The third-order valence-corrected chi connectivity index (χ3v) is 3.61. The average molecular weight is 266 g/mol. The first-order valence-corrected chi connectivity index (χ1v) is 6.20. The summed E-state index contributed by atoms with van der Waals surface area (Å²) in [7, 11) is 0. The van der Waals surface area contributed by atoms with Gasteiger partial charge in [-0.1, -0.05) is 30.3 Å². The second-order valence-corrected chi connectivity index (χ2v) is 5.06. The maximum absolute atomic E-state index is 12.9. The molecular weight excluding hydrogens is 250 g/mol. The molecule has 1 aromatic rings. The molecule has 0 spiro atoms. The van der Waals surface area contributed by atoms with Crippen molar-refractivity contribution in [1.82, 2.24) is 5.32 Å². The quantitative estimate of drug-likeness (QED) is 0.855. The summed E-state index contributed by atoms with van der Waals surface area (Å²) >= 11 is 0. The Balaban J connectivity index is 1.92. The van der Waals surface area contributed by atoms with Gasteiger partial charge in [0.1, 0.15) is 6.61 Å². The number of nitrogens with zero attached hydrogens (tertiary/aromatic N) is 1. The molecule has 2 N–H and O–H groups in total. The van der Waals surface area contributed by atoms with E-state index in [2.05, 4.69) is 11.4 Å². The second-order valence-electron chi connectivity index (χ2n) is 5.06. The van der Waals surface area contributed by atoms with Gasteiger partial charge in [-0.2, -0.15) is 5.26 Å². The number of nitrogens with one attached hydrogen (secondary N) is 1. The van der Waals surface area contributed by atoms with Gasteiger partial charge in [0.2, 0.25) is 0 Å². The van der Waals surface area contributed by atoms with Crippen LogP contribution in [0, 0.1) is 11.3 Å². The van der Waals surface area contributed by atoms with Crippen LogP contribution in [0.2, 0.25) is 0 Å². The molecule has 1 saturated carbocycles. The van der Waals surface area contributed by atoms with Crippen molar-refractivity contribution in [3.63, 3.8) is 0 Å². The lowest BCUT2D eigenvalue weighted by atomic mass is 9.62. The van der Waals surface area contributed by atoms with Gasteiger partial charge in [-0.3, -0.25) is 0 Å². The van der Waals surface area contributed by atoms with Crippen molar-refractivity contribution >= 4 is 0 Å². The van der Waals surface area contributed by atoms with Crippen molar-refractivity contribution in [1.29, 1.82) is 5.26 Å². The number of nitriles is 1. The van der Waals surface area contributed by atoms with Crippen LogP contribution in [0.3, 0.4) is 0 Å². The number of alkyl halides is 2. The third kappa shape index (κ3) is 2.91. The lowest BCUT2D eigenvalue weighted by molar-refractivity contribution is -0.0520. The normalized spacial score (nSPS) is 26.5. The molecule has 1 aromatic carbocycles. The van der Waals surface area contributed by atoms with E-state index >= 15 is 0 Å². The molecule has 0 amide bonds. The minimum absolute atomic E-state index is 0.0997. The standard InChI is InChI=1S/C14H16F2N2O/c15-14(16,10-19)9-18-12-6-13(7-12,8-17)11-4-2-1-3-5-11/h1-5,12,18-19H,6-7,9-10H2. The van der Waals surface area contributed by atoms with Crippen LogP contribution < -0.4 is 5.32 Å². The molecule has 0 radical (unpaired) electrons. The van der Waals surface area contributed by atoms with Crippen LogP contribution in [0.5, 0.6) is 0 Å². The molecule has 3 nitrogen and oxygen atoms in total. The molecule has 0 aliphatic heterocycles. The number of rotatable bonds is 5. The monoisotopic (exact) mass is 266 g/mol. The summed E-state index contributed by atoms with van der Waals surface area (Å²) in [4.78, 5) is 0. The smallest absolute Gasteiger partial charge is 0.282 e. The first kappa shape index (κ1) is 13.9. The maximum Gasteiger partial charge on any atom is 0.282 e. The molecule has 0 saturated heterocycles. The maximum atomic E-state index is 12.9. The van der Waals surface area contributed by atoms with Crippen LogP contribution >= 0.6 is 0 Å². The predicted molar refractivity (Wildman–Crippen MR) is 66.8 cm³/mol. The zero-order valence-electron chi connectivity index (χ0n) is 10.4. The lowest BCUT2D eigenvalue weighted by Gasteiger charge is -2.43. The Morgan fingerprint density at radius 1 is 1.37 bits per heavy atom. The van der Waals surface area contributed by atoms with Gasteiger partial charge in [0.15, 0.2) is 0 Å². The number of halogens is 2. The van der Waals surface area contributed by atoms with Crippen molar-refractivity contribution in [2.24, 2.45) is 0 Å². The molecule has 1 aliphatic rings. The van der Waals surface area contributed by atoms with Crippen molar-refractivity contribution in [3.8, 4) is 6.07 Å². The van der Waals surface area contributed by atoms with E-state index in [0.29, 0.717) is 12.8 Å². The molecule has 2 rings (SSSR count). The number of aliphatic hydroxyl groups is 1. The van der Waals surface area contributed by atoms with Crippen LogP contribution in [0.4, 0.5) is 8.78 Å². The Labute approximate surface area is 110 Å². The van der Waals surface area contributed by atoms with Crippen LogP contribution in [-0.2, 0) is 5.41 Å². The van der Waals surface area contributed by atoms with E-state index in [1.807, 2.05) is 30.3 Å². The fraction of sp³-hybridized carbons (Fsp3) is 0.500. The van der Waals surface area contributed by atoms with Crippen LogP contribution in [0.25, 0.3) is 0 Å². The van der Waals surface area contributed by atoms with E-state index in [0.717, 1.165) is 5.56 Å². The van der Waals surface area contributed by atoms with Gasteiger partial charge in [-0.15, -0.1) is 0 Å². The Morgan fingerprint density at radius 2 is 2.00 bits per heavy atom. The highest BCUT2D eigenvalue weighted by Gasteiger charge is 2.46. The highest BCUT2D eigenvalue weighted by atomic mass is 19.3. The van der Waals surface area contributed by atoms with Crippen molar-refractivity contribution in [2.75, 3.05) is 13.2 Å². The van der Waals surface area contributed by atoms with E-state index in [-0.39, 0.29) is 6.04 Å². The Kier molecular flexibility index (Phi) is 3.83. The Bertz CT molecular complexity index is 464. The summed E-state index contributed by atoms with van der Waals surface area (Å²) in [5.41, 5.74) is 0.373. The van der Waals surface area contributed by atoms with Gasteiger partial charge >= 0.3 is 0 Å². The minimum Gasteiger partial charge on any atom is -0.390 e. The van der Waals surface area contributed by atoms with E-state index in [1.165, 1.54) is 0 Å². The summed E-state index contributed by atoms with van der Waals surface area (Å²) in [6, 6.07) is 11.6. The first-order valence-electron chi connectivity index (χ1n) is 6.20. The largest absolute Gasteiger partial charge is 0.390 e. The van der Waals surface area contributed by atoms with Gasteiger partial charge in [-0.25, -0.2) is 8.78 Å². The number of aliphatic hydroxyl groups excluding tert-OH is 1. The molecule has 0 aromatic heterocycles. The van der Waals surface area contributed by atoms with Gasteiger partial charge in [-0.05, 0) is 18.4 Å². The predicted octanol–water partition coefficient (Wildman–Crippen LogP) is 1.83. The molecule has 5 heteroatoms. The van der Waals surface area contributed by atoms with Gasteiger partial charge in [0.25, 0.3) is 5.92 Å². The number of benzene rings is 1. The van der Waals surface area contributed by atoms with Gasteiger partial charge < -0.3 is 10.4 Å². The van der Waals surface area contributed by atoms with Crippen molar-refractivity contribution < 1.29 is 13.9 Å². The van der Waals surface area contributed by atoms with Crippen molar-refractivity contribution in [3.05, 3.63) is 35.9 Å². The summed E-state index contributed by atoms with van der Waals surface area (Å²) in [5, 5.41) is 20.5. The Morgan fingerprint density at radius 3 is 2.53 bits per heavy atom. The number of hydrogen-bond acceptors (Lipinski definition) is 3. The third-order valence-electron chi connectivity index (χ3n) is 3.61. The molecule has 1 aliphatic carbocycles. The average Bonchev–Trinajstić information content (AvgIpc) is 2.39. The summed E-state index contributed by atoms with van der Waals surface area (Å²) < 4.78 is 25.8. The molecule has 0 unspecified atom stereocenters. The molecule has 0 bridgehead atoms. The molecule has 0 heterocycles. The summed E-state index contributed by atoms with van der Waals surface area (Å²) in [6.45, 7) is -1.71. The first-order chi connectivity index (χ1) is 9.01. The van der Waals surface area contributed by atoms with Gasteiger partial charge in [0.05, 0.1) is 18.0 Å². The summed E-state index contributed by atoms with van der Waals surface area (Å²) in [5.74, 6) is -3.10. The van der Waals surface area contributed by atoms with E-state index < -0.39 is 24.5 Å². The molecule has 0 atom stereocenters. The van der Waals surface area contributed by atoms with E-state index in [9.17, 15) is 14.0 Å². The fourth-order valence-electron chi connectivity index (χ4n) is 2.42. The van der Waals surface area contributed by atoms with E-state index in [1.54, 1.807) is 0 Å². The highest BCUT2D eigenvalue weighted by Crippen LogP contribution is 2.43. The highest BCUT2D eigenvalue weighted by molar-refractivity contribution is 5.36. The Hall–Kier alpha value is -1.51. The minimum atomic E-state index is -3.10. The molecular formula is C14H16F2N2O. The zero-order chi connectivity index (χ0) is 13.9. The lowest BCUT2D eigenvalue weighted by Crippen LogP contribution is -2.53. The topological polar surface area (TPSA) is 56.0 Å².